The molecule has 0 saturated carbocycles. The number of carbonyl (C=O) groups is 1. The monoisotopic (exact) mass is 310 g/mol. The van der Waals surface area contributed by atoms with Crippen LogP contribution in [0.5, 0.6) is 0 Å². The molecule has 0 bridgehead atoms. The molecule has 2 aromatic rings. The highest BCUT2D eigenvalue weighted by Crippen LogP contribution is 2.30. The number of rotatable bonds is 4. The molecule has 0 aliphatic carbocycles. The number of nitrogens with zero attached hydrogens (tertiary/aromatic N) is 1. The van der Waals surface area contributed by atoms with E-state index in [0.717, 1.165) is 11.3 Å². The van der Waals surface area contributed by atoms with Crippen LogP contribution in [0.1, 0.15) is 25.1 Å². The highest BCUT2D eigenvalue weighted by Gasteiger charge is 2.32. The maximum atomic E-state index is 11.2. The summed E-state index contributed by atoms with van der Waals surface area (Å²) in [5.74, 6) is -0.896. The van der Waals surface area contributed by atoms with Crippen molar-refractivity contribution in [3.05, 3.63) is 39.9 Å². The van der Waals surface area contributed by atoms with E-state index in [1.807, 2.05) is 25.1 Å². The lowest BCUT2D eigenvalue weighted by Crippen LogP contribution is -2.28. The number of thiazole rings is 1. The van der Waals surface area contributed by atoms with Gasteiger partial charge in [0.25, 0.3) is 0 Å². The molecule has 1 aromatic carbocycles. The second kappa shape index (κ2) is 5.42. The molecule has 0 aliphatic heterocycles. The second-order valence-corrected chi connectivity index (χ2v) is 6.32. The number of aliphatic carboxylic acids is 1. The number of aromatic nitrogens is 1. The topological polar surface area (TPSA) is 62.2 Å². The summed E-state index contributed by atoms with van der Waals surface area (Å²) in [6.07, 6.45) is 0. The van der Waals surface area contributed by atoms with Crippen molar-refractivity contribution in [2.75, 3.05) is 5.32 Å². The molecule has 0 amide bonds. The van der Waals surface area contributed by atoms with Crippen molar-refractivity contribution in [2.45, 2.75) is 26.2 Å². The third-order valence-corrected chi connectivity index (χ3v) is 4.27. The third kappa shape index (κ3) is 2.94. The summed E-state index contributed by atoms with van der Waals surface area (Å²) in [4.78, 5) is 15.5. The Labute approximate surface area is 126 Å². The average molecular weight is 311 g/mol. The predicted octanol–water partition coefficient (Wildman–Crippen LogP) is 4.21. The van der Waals surface area contributed by atoms with Gasteiger partial charge in [-0.25, -0.2) is 4.98 Å². The highest BCUT2D eigenvalue weighted by atomic mass is 35.5. The van der Waals surface area contributed by atoms with Gasteiger partial charge in [0.15, 0.2) is 5.13 Å². The smallest absolute Gasteiger partial charge is 0.315 e. The first-order valence-corrected chi connectivity index (χ1v) is 7.29. The van der Waals surface area contributed by atoms with Gasteiger partial charge < -0.3 is 10.4 Å². The fraction of sp³-hybridized carbons (Fsp3) is 0.286. The summed E-state index contributed by atoms with van der Waals surface area (Å²) in [6.45, 7) is 5.21. The van der Waals surface area contributed by atoms with Crippen molar-refractivity contribution < 1.29 is 9.90 Å². The Morgan fingerprint density at radius 3 is 2.75 bits per heavy atom. The number of anilines is 2. The lowest BCUT2D eigenvalue weighted by atomic mass is 9.90. The zero-order chi connectivity index (χ0) is 14.9. The lowest BCUT2D eigenvalue weighted by molar-refractivity contribution is -0.142. The van der Waals surface area contributed by atoms with Gasteiger partial charge in [-0.05, 0) is 38.5 Å². The molecule has 0 fully saturated rings. The minimum absolute atomic E-state index is 0.538. The molecule has 1 aromatic heterocycles. The number of benzene rings is 1. The van der Waals surface area contributed by atoms with Crippen LogP contribution in [0.2, 0.25) is 5.02 Å². The normalized spacial score (nSPS) is 11.4. The number of carboxylic acid groups (broad SMARTS) is 1. The van der Waals surface area contributed by atoms with Crippen LogP contribution >= 0.6 is 22.9 Å². The first-order valence-electron chi connectivity index (χ1n) is 6.03. The van der Waals surface area contributed by atoms with Crippen LogP contribution in [0.25, 0.3) is 0 Å². The zero-order valence-corrected chi connectivity index (χ0v) is 13.0. The fourth-order valence-electron chi connectivity index (χ4n) is 1.52. The number of carboxylic acids is 1. The van der Waals surface area contributed by atoms with Crippen LogP contribution in [0.3, 0.4) is 0 Å². The van der Waals surface area contributed by atoms with Gasteiger partial charge in [0.2, 0.25) is 0 Å². The predicted molar refractivity (Wildman–Crippen MR) is 82.2 cm³/mol. The third-order valence-electron chi connectivity index (χ3n) is 3.10. The minimum atomic E-state index is -0.999. The summed E-state index contributed by atoms with van der Waals surface area (Å²) in [6, 6.07) is 5.64. The van der Waals surface area contributed by atoms with E-state index >= 15 is 0 Å². The van der Waals surface area contributed by atoms with Gasteiger partial charge in [0.1, 0.15) is 5.41 Å². The van der Waals surface area contributed by atoms with E-state index in [4.69, 9.17) is 11.6 Å². The molecule has 0 radical (unpaired) electrons. The number of hydrogen-bond acceptors (Lipinski definition) is 4. The maximum Gasteiger partial charge on any atom is 0.315 e. The molecule has 2 N–H and O–H groups in total. The van der Waals surface area contributed by atoms with Crippen LogP contribution in [0, 0.1) is 6.92 Å². The van der Waals surface area contributed by atoms with E-state index in [9.17, 15) is 9.90 Å². The van der Waals surface area contributed by atoms with Crippen molar-refractivity contribution in [2.24, 2.45) is 0 Å². The Bertz CT molecular complexity index is 652. The minimum Gasteiger partial charge on any atom is -0.481 e. The fourth-order valence-corrected chi connectivity index (χ4v) is 2.60. The summed E-state index contributed by atoms with van der Waals surface area (Å²) >= 11 is 7.43. The Morgan fingerprint density at radius 1 is 1.45 bits per heavy atom. The van der Waals surface area contributed by atoms with Gasteiger partial charge in [-0.15, -0.1) is 11.3 Å². The Morgan fingerprint density at radius 2 is 2.15 bits per heavy atom. The van der Waals surface area contributed by atoms with E-state index in [0.29, 0.717) is 15.8 Å². The quantitative estimate of drug-likeness (QED) is 0.888. The maximum absolute atomic E-state index is 11.2. The standard InChI is InChI=1S/C14H15ClN2O2S/c1-8-4-5-9(6-10(8)15)16-13-17-11(7-20-13)14(2,3)12(18)19/h4-7H,1-3H3,(H,16,17)(H,18,19). The van der Waals surface area contributed by atoms with E-state index in [-0.39, 0.29) is 0 Å². The molecule has 6 heteroatoms. The molecule has 0 saturated heterocycles. The molecular formula is C14H15ClN2O2S. The number of halogens is 1. The molecule has 106 valence electrons. The Balaban J connectivity index is 2.21. The van der Waals surface area contributed by atoms with Crippen LogP contribution in [-0.2, 0) is 10.2 Å². The molecule has 0 aliphatic rings. The van der Waals surface area contributed by atoms with Gasteiger partial charge in [-0.1, -0.05) is 17.7 Å². The SMILES string of the molecule is Cc1ccc(Nc2nc(C(C)(C)C(=O)O)cs2)cc1Cl. The molecule has 2 rings (SSSR count). The second-order valence-electron chi connectivity index (χ2n) is 5.06. The summed E-state index contributed by atoms with van der Waals surface area (Å²) in [5, 5.41) is 15.4. The van der Waals surface area contributed by atoms with Crippen molar-refractivity contribution >= 4 is 39.7 Å². The first kappa shape index (κ1) is 14.8. The largest absolute Gasteiger partial charge is 0.481 e. The van der Waals surface area contributed by atoms with Gasteiger partial charge in [0.05, 0.1) is 5.69 Å². The van der Waals surface area contributed by atoms with Crippen LogP contribution in [0.4, 0.5) is 10.8 Å². The van der Waals surface area contributed by atoms with E-state index in [1.54, 1.807) is 19.2 Å². The van der Waals surface area contributed by atoms with Gasteiger partial charge in [-0.3, -0.25) is 4.79 Å². The van der Waals surface area contributed by atoms with Crippen LogP contribution < -0.4 is 5.32 Å². The van der Waals surface area contributed by atoms with E-state index < -0.39 is 11.4 Å². The van der Waals surface area contributed by atoms with Crippen LogP contribution in [0.15, 0.2) is 23.6 Å². The number of aryl methyl sites for hydroxylation is 1. The summed E-state index contributed by atoms with van der Waals surface area (Å²) < 4.78 is 0. The number of hydrogen-bond donors (Lipinski definition) is 2. The lowest BCUT2D eigenvalue weighted by Gasteiger charge is -2.15. The molecule has 4 nitrogen and oxygen atoms in total. The zero-order valence-electron chi connectivity index (χ0n) is 11.4. The summed E-state index contributed by atoms with van der Waals surface area (Å²) in [5.41, 5.74) is 1.37. The Hall–Kier alpha value is -1.59. The van der Waals surface area contributed by atoms with Gasteiger partial charge in [0, 0.05) is 16.1 Å². The average Bonchev–Trinajstić information content (AvgIpc) is 2.83. The summed E-state index contributed by atoms with van der Waals surface area (Å²) in [7, 11) is 0. The van der Waals surface area contributed by atoms with E-state index in [2.05, 4.69) is 10.3 Å². The van der Waals surface area contributed by atoms with Crippen molar-refractivity contribution in [1.82, 2.24) is 4.98 Å². The molecular weight excluding hydrogens is 296 g/mol. The van der Waals surface area contributed by atoms with Gasteiger partial charge >= 0.3 is 5.97 Å². The molecule has 0 spiro atoms. The molecule has 20 heavy (non-hydrogen) atoms. The van der Waals surface area contributed by atoms with Crippen molar-refractivity contribution in [3.8, 4) is 0 Å². The van der Waals surface area contributed by atoms with Crippen LogP contribution in [-0.4, -0.2) is 16.1 Å². The van der Waals surface area contributed by atoms with Crippen molar-refractivity contribution in [3.63, 3.8) is 0 Å². The number of nitrogens with one attached hydrogen (secondary N) is 1. The molecule has 0 unspecified atom stereocenters. The van der Waals surface area contributed by atoms with Crippen molar-refractivity contribution in [1.29, 1.82) is 0 Å². The highest BCUT2D eigenvalue weighted by molar-refractivity contribution is 7.13. The molecule has 0 atom stereocenters. The molecule has 1 heterocycles. The van der Waals surface area contributed by atoms with E-state index in [1.165, 1.54) is 11.3 Å². The van der Waals surface area contributed by atoms with Gasteiger partial charge in [-0.2, -0.15) is 0 Å². The first-order chi connectivity index (χ1) is 9.30. The Kier molecular flexibility index (Phi) is 4.01.